The van der Waals surface area contributed by atoms with E-state index in [1.54, 1.807) is 7.11 Å². The Bertz CT molecular complexity index is 672. The normalized spacial score (nSPS) is 19.5. The Morgan fingerprint density at radius 2 is 2.00 bits per heavy atom. The Morgan fingerprint density at radius 1 is 1.25 bits per heavy atom. The highest BCUT2D eigenvalue weighted by Crippen LogP contribution is 2.40. The molecule has 3 heterocycles. The van der Waals surface area contributed by atoms with Crippen molar-refractivity contribution < 1.29 is 18.8 Å². The van der Waals surface area contributed by atoms with Crippen LogP contribution >= 0.6 is 0 Å². The second-order valence-electron chi connectivity index (χ2n) is 8.35. The van der Waals surface area contributed by atoms with Crippen LogP contribution in [0.1, 0.15) is 55.5 Å². The molecule has 0 aromatic carbocycles. The number of aryl methyl sites for hydroxylation is 2. The average Bonchev–Trinajstić information content (AvgIpc) is 3.01. The van der Waals surface area contributed by atoms with Crippen molar-refractivity contribution in [2.24, 2.45) is 5.41 Å². The van der Waals surface area contributed by atoms with Crippen LogP contribution in [0.15, 0.2) is 4.52 Å². The maximum absolute atomic E-state index is 12.7. The van der Waals surface area contributed by atoms with Gasteiger partial charge in [0.1, 0.15) is 5.76 Å². The monoisotopic (exact) mass is 391 g/mol. The number of aromatic nitrogens is 1. The fourth-order valence-electron chi connectivity index (χ4n) is 4.59. The van der Waals surface area contributed by atoms with E-state index < -0.39 is 0 Å². The smallest absolute Gasteiger partial charge is 0.222 e. The van der Waals surface area contributed by atoms with Crippen LogP contribution in [0.4, 0.5) is 0 Å². The number of hydrogen-bond acceptors (Lipinski definition) is 5. The SMILES string of the molecule is COCCCN1CC2(CCC1=O)CCN(C(=O)CCc1c(C)noc1C)CC2. The molecule has 156 valence electrons. The second kappa shape index (κ2) is 9.07. The van der Waals surface area contributed by atoms with Gasteiger partial charge in [0.25, 0.3) is 0 Å². The van der Waals surface area contributed by atoms with Crippen molar-refractivity contribution in [2.45, 2.75) is 58.8 Å². The number of methoxy groups -OCH3 is 1. The number of nitrogens with zero attached hydrogens (tertiary/aromatic N) is 3. The number of piperidine rings is 2. The van der Waals surface area contributed by atoms with Crippen molar-refractivity contribution in [1.82, 2.24) is 15.0 Å². The molecule has 1 aromatic heterocycles. The van der Waals surface area contributed by atoms with Crippen LogP contribution in [-0.2, 0) is 20.7 Å². The molecular formula is C21H33N3O4. The highest BCUT2D eigenvalue weighted by molar-refractivity contribution is 5.78. The molecular weight excluding hydrogens is 358 g/mol. The van der Waals surface area contributed by atoms with Gasteiger partial charge in [0, 0.05) is 58.3 Å². The Morgan fingerprint density at radius 3 is 2.64 bits per heavy atom. The van der Waals surface area contributed by atoms with Crippen molar-refractivity contribution >= 4 is 11.8 Å². The maximum atomic E-state index is 12.7. The highest BCUT2D eigenvalue weighted by atomic mass is 16.5. The molecule has 2 aliphatic heterocycles. The number of hydrogen-bond donors (Lipinski definition) is 0. The standard InChI is InChI=1S/C21H33N3O4/c1-16-18(17(2)28-22-16)5-6-19(25)23-12-9-21(10-13-23)8-7-20(26)24(15-21)11-4-14-27-3/h4-15H2,1-3H3. The van der Waals surface area contributed by atoms with E-state index in [0.29, 0.717) is 25.9 Å². The van der Waals surface area contributed by atoms with Gasteiger partial charge >= 0.3 is 0 Å². The first-order valence-corrected chi connectivity index (χ1v) is 10.4. The molecule has 0 atom stereocenters. The number of carbonyl (C=O) groups excluding carboxylic acids is 2. The predicted molar refractivity (Wildman–Crippen MR) is 105 cm³/mol. The number of amides is 2. The van der Waals surface area contributed by atoms with Gasteiger partial charge in [0.05, 0.1) is 5.69 Å². The van der Waals surface area contributed by atoms with Crippen molar-refractivity contribution in [1.29, 1.82) is 0 Å². The predicted octanol–water partition coefficient (Wildman–Crippen LogP) is 2.49. The first kappa shape index (κ1) is 20.8. The van der Waals surface area contributed by atoms with Gasteiger partial charge in [-0.2, -0.15) is 0 Å². The van der Waals surface area contributed by atoms with Gasteiger partial charge in [-0.15, -0.1) is 0 Å². The summed E-state index contributed by atoms with van der Waals surface area (Å²) in [4.78, 5) is 28.9. The van der Waals surface area contributed by atoms with Crippen LogP contribution in [0.3, 0.4) is 0 Å². The Kier molecular flexibility index (Phi) is 6.75. The lowest BCUT2D eigenvalue weighted by atomic mass is 9.72. The van der Waals surface area contributed by atoms with Crippen LogP contribution in [0.2, 0.25) is 0 Å². The Labute approximate surface area is 167 Å². The molecule has 0 N–H and O–H groups in total. The molecule has 2 aliphatic rings. The maximum Gasteiger partial charge on any atom is 0.222 e. The van der Waals surface area contributed by atoms with E-state index in [1.165, 1.54) is 0 Å². The zero-order chi connectivity index (χ0) is 20.1. The summed E-state index contributed by atoms with van der Waals surface area (Å²) in [5, 5.41) is 3.96. The van der Waals surface area contributed by atoms with Crippen molar-refractivity contribution in [3.8, 4) is 0 Å². The van der Waals surface area contributed by atoms with Crippen LogP contribution in [0, 0.1) is 19.3 Å². The molecule has 0 unspecified atom stereocenters. The molecule has 2 fully saturated rings. The molecule has 7 heteroatoms. The third kappa shape index (κ3) is 4.74. The van der Waals surface area contributed by atoms with Crippen LogP contribution < -0.4 is 0 Å². The number of carbonyl (C=O) groups is 2. The van der Waals surface area contributed by atoms with Crippen LogP contribution in [0.25, 0.3) is 0 Å². The van der Waals surface area contributed by atoms with E-state index in [4.69, 9.17) is 9.26 Å². The zero-order valence-electron chi connectivity index (χ0n) is 17.5. The molecule has 3 rings (SSSR count). The number of ether oxygens (including phenoxy) is 1. The van der Waals surface area contributed by atoms with Crippen molar-refractivity contribution in [3.05, 3.63) is 17.0 Å². The first-order valence-electron chi connectivity index (χ1n) is 10.4. The summed E-state index contributed by atoms with van der Waals surface area (Å²) in [6.45, 7) is 7.69. The van der Waals surface area contributed by atoms with Crippen LogP contribution in [-0.4, -0.2) is 66.7 Å². The summed E-state index contributed by atoms with van der Waals surface area (Å²) >= 11 is 0. The Balaban J connectivity index is 1.49. The van der Waals surface area contributed by atoms with E-state index in [2.05, 4.69) is 5.16 Å². The number of likely N-dealkylation sites (tertiary alicyclic amines) is 2. The lowest BCUT2D eigenvalue weighted by Crippen LogP contribution is -2.52. The molecule has 0 saturated carbocycles. The van der Waals surface area contributed by atoms with Gasteiger partial charge in [-0.1, -0.05) is 5.16 Å². The van der Waals surface area contributed by atoms with E-state index in [9.17, 15) is 9.59 Å². The number of rotatable bonds is 7. The van der Waals surface area contributed by atoms with E-state index in [-0.39, 0.29) is 17.2 Å². The zero-order valence-corrected chi connectivity index (χ0v) is 17.5. The van der Waals surface area contributed by atoms with Gasteiger partial charge < -0.3 is 19.1 Å². The molecule has 2 amide bonds. The minimum absolute atomic E-state index is 0.180. The minimum Gasteiger partial charge on any atom is -0.385 e. The third-order valence-electron chi connectivity index (χ3n) is 6.47. The van der Waals surface area contributed by atoms with Crippen molar-refractivity contribution in [3.63, 3.8) is 0 Å². The highest BCUT2D eigenvalue weighted by Gasteiger charge is 2.41. The second-order valence-corrected chi connectivity index (χ2v) is 8.35. The fraction of sp³-hybridized carbons (Fsp3) is 0.762. The summed E-state index contributed by atoms with van der Waals surface area (Å²) in [5.74, 6) is 1.28. The summed E-state index contributed by atoms with van der Waals surface area (Å²) in [6, 6.07) is 0. The first-order chi connectivity index (χ1) is 13.4. The molecule has 0 aliphatic carbocycles. The molecule has 7 nitrogen and oxygen atoms in total. The van der Waals surface area contributed by atoms with Crippen molar-refractivity contribution in [2.75, 3.05) is 39.9 Å². The van der Waals surface area contributed by atoms with E-state index in [0.717, 1.165) is 68.9 Å². The summed E-state index contributed by atoms with van der Waals surface area (Å²) in [7, 11) is 1.69. The molecule has 2 saturated heterocycles. The molecule has 0 bridgehead atoms. The van der Waals surface area contributed by atoms with E-state index >= 15 is 0 Å². The topological polar surface area (TPSA) is 75.9 Å². The van der Waals surface area contributed by atoms with Gasteiger partial charge in [0.15, 0.2) is 0 Å². The third-order valence-corrected chi connectivity index (χ3v) is 6.47. The molecule has 28 heavy (non-hydrogen) atoms. The lowest BCUT2D eigenvalue weighted by molar-refractivity contribution is -0.142. The summed E-state index contributed by atoms with van der Waals surface area (Å²) in [6.07, 6.45) is 5.61. The fourth-order valence-corrected chi connectivity index (χ4v) is 4.59. The summed E-state index contributed by atoms with van der Waals surface area (Å²) < 4.78 is 10.3. The van der Waals surface area contributed by atoms with E-state index in [1.807, 2.05) is 23.6 Å². The molecule has 0 radical (unpaired) electrons. The average molecular weight is 392 g/mol. The molecule has 1 aromatic rings. The lowest BCUT2D eigenvalue weighted by Gasteiger charge is -2.47. The quantitative estimate of drug-likeness (QED) is 0.668. The Hall–Kier alpha value is -1.89. The van der Waals surface area contributed by atoms with Crippen LogP contribution in [0.5, 0.6) is 0 Å². The molecule has 1 spiro atoms. The summed E-state index contributed by atoms with van der Waals surface area (Å²) in [5.41, 5.74) is 2.11. The van der Waals surface area contributed by atoms with Gasteiger partial charge in [-0.05, 0) is 51.4 Å². The van der Waals surface area contributed by atoms with Gasteiger partial charge in [-0.3, -0.25) is 9.59 Å². The minimum atomic E-state index is 0.180. The van der Waals surface area contributed by atoms with Gasteiger partial charge in [-0.25, -0.2) is 0 Å². The largest absolute Gasteiger partial charge is 0.385 e. The van der Waals surface area contributed by atoms with Gasteiger partial charge in [0.2, 0.25) is 11.8 Å².